The van der Waals surface area contributed by atoms with Crippen molar-refractivity contribution in [2.45, 2.75) is 26.8 Å². The van der Waals surface area contributed by atoms with E-state index in [0.717, 1.165) is 23.3 Å². The van der Waals surface area contributed by atoms with Crippen molar-refractivity contribution in [3.05, 3.63) is 65.9 Å². The number of rotatable bonds is 4. The van der Waals surface area contributed by atoms with Gasteiger partial charge in [0.15, 0.2) is 0 Å². The smallest absolute Gasteiger partial charge is 0.244 e. The Labute approximate surface area is 130 Å². The summed E-state index contributed by atoms with van der Waals surface area (Å²) in [6.07, 6.45) is 1.00. The largest absolute Gasteiger partial charge is 0.335 e. The zero-order valence-corrected chi connectivity index (χ0v) is 13.0. The Morgan fingerprint density at radius 2 is 1.82 bits per heavy atom. The molecule has 1 N–H and O–H groups in total. The second-order valence-electron chi connectivity index (χ2n) is 5.53. The van der Waals surface area contributed by atoms with Crippen LogP contribution in [0.2, 0.25) is 0 Å². The molecule has 0 radical (unpaired) electrons. The molecule has 0 unspecified atom stereocenters. The van der Waals surface area contributed by atoms with Gasteiger partial charge < -0.3 is 9.88 Å². The lowest BCUT2D eigenvalue weighted by Gasteiger charge is -2.10. The van der Waals surface area contributed by atoms with E-state index in [1.807, 2.05) is 54.0 Å². The fourth-order valence-corrected chi connectivity index (χ4v) is 2.73. The molecule has 0 spiro atoms. The standard InChI is InChI=1S/C19H20N2O/c1-3-15-8-10-17(11-9-15)20-19(22)13-21-14(2)12-16-6-4-5-7-18(16)21/h4-12H,3,13H2,1-2H3,(H,20,22). The number of hydrogen-bond donors (Lipinski definition) is 1. The lowest BCUT2D eigenvalue weighted by molar-refractivity contribution is -0.116. The fourth-order valence-electron chi connectivity index (χ4n) is 2.73. The molecule has 3 heteroatoms. The lowest BCUT2D eigenvalue weighted by atomic mass is 10.1. The molecule has 3 nitrogen and oxygen atoms in total. The summed E-state index contributed by atoms with van der Waals surface area (Å²) in [7, 11) is 0. The van der Waals surface area contributed by atoms with Crippen molar-refractivity contribution < 1.29 is 4.79 Å². The highest BCUT2D eigenvalue weighted by molar-refractivity contribution is 5.92. The molecule has 1 aromatic heterocycles. The Kier molecular flexibility index (Phi) is 3.96. The van der Waals surface area contributed by atoms with Gasteiger partial charge in [-0.2, -0.15) is 0 Å². The zero-order valence-electron chi connectivity index (χ0n) is 13.0. The Morgan fingerprint density at radius 1 is 1.09 bits per heavy atom. The van der Waals surface area contributed by atoms with Crippen LogP contribution in [0.25, 0.3) is 10.9 Å². The van der Waals surface area contributed by atoms with Gasteiger partial charge in [0, 0.05) is 16.9 Å². The summed E-state index contributed by atoms with van der Waals surface area (Å²) in [6, 6.07) is 18.2. The minimum atomic E-state index is -0.00583. The third kappa shape index (κ3) is 2.89. The number of aromatic nitrogens is 1. The number of aryl methyl sites for hydroxylation is 2. The molecule has 0 aliphatic carbocycles. The van der Waals surface area contributed by atoms with Gasteiger partial charge in [0.1, 0.15) is 6.54 Å². The first-order valence-electron chi connectivity index (χ1n) is 7.61. The van der Waals surface area contributed by atoms with E-state index in [2.05, 4.69) is 24.4 Å². The van der Waals surface area contributed by atoms with Crippen LogP contribution in [0.4, 0.5) is 5.69 Å². The second-order valence-corrected chi connectivity index (χ2v) is 5.53. The van der Waals surface area contributed by atoms with Gasteiger partial charge in [0.25, 0.3) is 0 Å². The molecule has 0 fully saturated rings. The zero-order chi connectivity index (χ0) is 15.5. The fraction of sp³-hybridized carbons (Fsp3) is 0.211. The first kappa shape index (κ1) is 14.4. The number of carbonyl (C=O) groups is 1. The summed E-state index contributed by atoms with van der Waals surface area (Å²) in [5, 5.41) is 4.13. The van der Waals surface area contributed by atoms with Gasteiger partial charge in [0.2, 0.25) is 5.91 Å². The quantitative estimate of drug-likeness (QED) is 0.770. The Balaban J connectivity index is 1.76. The van der Waals surface area contributed by atoms with Crippen LogP contribution in [0.5, 0.6) is 0 Å². The maximum atomic E-state index is 12.3. The van der Waals surface area contributed by atoms with Crippen molar-refractivity contribution in [2.24, 2.45) is 0 Å². The summed E-state index contributed by atoms with van der Waals surface area (Å²) >= 11 is 0. The molecule has 2 aromatic carbocycles. The number of amides is 1. The van der Waals surface area contributed by atoms with Crippen LogP contribution in [0.3, 0.4) is 0 Å². The van der Waals surface area contributed by atoms with E-state index in [4.69, 9.17) is 0 Å². The Morgan fingerprint density at radius 3 is 2.55 bits per heavy atom. The van der Waals surface area contributed by atoms with E-state index in [1.165, 1.54) is 10.9 Å². The number of para-hydroxylation sites is 1. The van der Waals surface area contributed by atoms with E-state index in [1.54, 1.807) is 0 Å². The van der Waals surface area contributed by atoms with Crippen molar-refractivity contribution in [3.8, 4) is 0 Å². The van der Waals surface area contributed by atoms with Gasteiger partial charge in [0.05, 0.1) is 0 Å². The number of fused-ring (bicyclic) bond motifs is 1. The third-order valence-corrected chi connectivity index (χ3v) is 3.97. The Bertz CT molecular complexity index is 800. The molecule has 112 valence electrons. The normalized spacial score (nSPS) is 10.8. The predicted molar refractivity (Wildman–Crippen MR) is 91.1 cm³/mol. The van der Waals surface area contributed by atoms with E-state index in [9.17, 15) is 4.79 Å². The minimum absolute atomic E-state index is 0.00583. The number of carbonyl (C=O) groups excluding carboxylic acids is 1. The van der Waals surface area contributed by atoms with Crippen molar-refractivity contribution in [1.29, 1.82) is 0 Å². The van der Waals surface area contributed by atoms with Crippen LogP contribution >= 0.6 is 0 Å². The summed E-state index contributed by atoms with van der Waals surface area (Å²) < 4.78 is 2.05. The van der Waals surface area contributed by atoms with Gasteiger partial charge in [-0.15, -0.1) is 0 Å². The molecule has 0 aliphatic rings. The highest BCUT2D eigenvalue weighted by Crippen LogP contribution is 2.19. The third-order valence-electron chi connectivity index (χ3n) is 3.97. The molecule has 0 atom stereocenters. The molecular weight excluding hydrogens is 272 g/mol. The molecule has 22 heavy (non-hydrogen) atoms. The number of nitrogens with one attached hydrogen (secondary N) is 1. The number of nitrogens with zero attached hydrogens (tertiary/aromatic N) is 1. The molecule has 0 saturated carbocycles. The first-order valence-corrected chi connectivity index (χ1v) is 7.61. The summed E-state index contributed by atoms with van der Waals surface area (Å²) in [5.41, 5.74) is 4.30. The van der Waals surface area contributed by atoms with Crippen LogP contribution in [-0.2, 0) is 17.8 Å². The van der Waals surface area contributed by atoms with Crippen molar-refractivity contribution in [1.82, 2.24) is 4.57 Å². The second kappa shape index (κ2) is 6.06. The number of anilines is 1. The van der Waals surface area contributed by atoms with Gasteiger partial charge in [-0.3, -0.25) is 4.79 Å². The minimum Gasteiger partial charge on any atom is -0.335 e. The lowest BCUT2D eigenvalue weighted by Crippen LogP contribution is -2.19. The highest BCUT2D eigenvalue weighted by Gasteiger charge is 2.09. The molecule has 1 amide bonds. The van der Waals surface area contributed by atoms with Crippen LogP contribution < -0.4 is 5.32 Å². The predicted octanol–water partition coefficient (Wildman–Crippen LogP) is 4.15. The monoisotopic (exact) mass is 292 g/mol. The van der Waals surface area contributed by atoms with Crippen molar-refractivity contribution in [3.63, 3.8) is 0 Å². The van der Waals surface area contributed by atoms with E-state index < -0.39 is 0 Å². The van der Waals surface area contributed by atoms with Crippen LogP contribution in [0, 0.1) is 6.92 Å². The molecule has 0 aliphatic heterocycles. The maximum absolute atomic E-state index is 12.3. The summed E-state index contributed by atoms with van der Waals surface area (Å²) in [5.74, 6) is -0.00583. The molecule has 3 rings (SSSR count). The van der Waals surface area contributed by atoms with Crippen LogP contribution in [-0.4, -0.2) is 10.5 Å². The van der Waals surface area contributed by atoms with Gasteiger partial charge in [-0.05, 0) is 48.6 Å². The van der Waals surface area contributed by atoms with Gasteiger partial charge in [-0.25, -0.2) is 0 Å². The van der Waals surface area contributed by atoms with E-state index in [0.29, 0.717) is 6.54 Å². The van der Waals surface area contributed by atoms with Crippen molar-refractivity contribution >= 4 is 22.5 Å². The average molecular weight is 292 g/mol. The van der Waals surface area contributed by atoms with Crippen molar-refractivity contribution in [2.75, 3.05) is 5.32 Å². The summed E-state index contributed by atoms with van der Waals surface area (Å²) in [4.78, 5) is 12.3. The van der Waals surface area contributed by atoms with E-state index in [-0.39, 0.29) is 5.91 Å². The highest BCUT2D eigenvalue weighted by atomic mass is 16.1. The number of benzene rings is 2. The molecule has 1 heterocycles. The van der Waals surface area contributed by atoms with Crippen LogP contribution in [0.15, 0.2) is 54.6 Å². The summed E-state index contributed by atoms with van der Waals surface area (Å²) in [6.45, 7) is 4.48. The molecule has 3 aromatic rings. The number of hydrogen-bond acceptors (Lipinski definition) is 1. The molecule has 0 bridgehead atoms. The van der Waals surface area contributed by atoms with Crippen LogP contribution in [0.1, 0.15) is 18.2 Å². The molecule has 0 saturated heterocycles. The van der Waals surface area contributed by atoms with Gasteiger partial charge in [-0.1, -0.05) is 37.3 Å². The Hall–Kier alpha value is -2.55. The first-order chi connectivity index (χ1) is 10.7. The SMILES string of the molecule is CCc1ccc(NC(=O)Cn2c(C)cc3ccccc32)cc1. The van der Waals surface area contributed by atoms with Gasteiger partial charge >= 0.3 is 0 Å². The van der Waals surface area contributed by atoms with E-state index >= 15 is 0 Å². The average Bonchev–Trinajstić information content (AvgIpc) is 2.84. The maximum Gasteiger partial charge on any atom is 0.244 e. The molecular formula is C19H20N2O. The topological polar surface area (TPSA) is 34.0 Å².